The van der Waals surface area contributed by atoms with Crippen molar-refractivity contribution < 1.29 is 0 Å². The second-order valence-corrected chi connectivity index (χ2v) is 4.90. The van der Waals surface area contributed by atoms with Gasteiger partial charge >= 0.3 is 0 Å². The zero-order chi connectivity index (χ0) is 8.48. The van der Waals surface area contributed by atoms with E-state index < -0.39 is 0 Å². The lowest BCUT2D eigenvalue weighted by atomic mass is 9.71. The Morgan fingerprint density at radius 1 is 1.27 bits per heavy atom. The second kappa shape index (κ2) is 3.14. The zero-order valence-corrected chi connectivity index (χ0v) is 8.28. The number of nitrogens with one attached hydrogen (secondary N) is 1. The molecule has 1 rings (SSSR count). The molecule has 66 valence electrons. The fourth-order valence-electron chi connectivity index (χ4n) is 2.57. The summed E-state index contributed by atoms with van der Waals surface area (Å²) in [6.07, 6.45) is 4.10. The van der Waals surface area contributed by atoms with Crippen molar-refractivity contribution in [3.8, 4) is 0 Å². The van der Waals surface area contributed by atoms with Gasteiger partial charge in [0.1, 0.15) is 0 Å². The summed E-state index contributed by atoms with van der Waals surface area (Å²) in [5.74, 6) is 0.899. The summed E-state index contributed by atoms with van der Waals surface area (Å²) < 4.78 is 0. The van der Waals surface area contributed by atoms with Crippen molar-refractivity contribution in [2.24, 2.45) is 11.3 Å². The van der Waals surface area contributed by atoms with Crippen LogP contribution in [0.25, 0.3) is 0 Å². The van der Waals surface area contributed by atoms with Crippen LogP contribution in [0.2, 0.25) is 0 Å². The molecule has 2 atom stereocenters. The third kappa shape index (κ3) is 2.48. The quantitative estimate of drug-likeness (QED) is 0.613. The molecular weight excluding hydrogens is 134 g/mol. The maximum Gasteiger partial charge on any atom is 0.00716 e. The molecule has 1 fully saturated rings. The number of hydrogen-bond donors (Lipinski definition) is 1. The molecule has 0 heterocycles. The van der Waals surface area contributed by atoms with Crippen molar-refractivity contribution >= 4 is 0 Å². The van der Waals surface area contributed by atoms with Crippen LogP contribution < -0.4 is 5.32 Å². The Bertz CT molecular complexity index is 129. The molecule has 0 radical (unpaired) electrons. The molecule has 0 bridgehead atoms. The summed E-state index contributed by atoms with van der Waals surface area (Å²) in [7, 11) is 2.08. The first-order valence-electron chi connectivity index (χ1n) is 4.71. The molecule has 0 spiro atoms. The van der Waals surface area contributed by atoms with E-state index in [1.807, 2.05) is 0 Å². The standard InChI is InChI=1S/C10H21N/c1-8-5-9(11-4)7-10(2,3)6-8/h8-9,11H,5-7H2,1-4H3/t8-,9?/m1/s1. The van der Waals surface area contributed by atoms with E-state index in [0.717, 1.165) is 12.0 Å². The van der Waals surface area contributed by atoms with Crippen molar-refractivity contribution in [2.45, 2.75) is 46.1 Å². The summed E-state index contributed by atoms with van der Waals surface area (Å²) in [6.45, 7) is 7.13. The van der Waals surface area contributed by atoms with E-state index >= 15 is 0 Å². The van der Waals surface area contributed by atoms with E-state index in [1.165, 1.54) is 19.3 Å². The Hall–Kier alpha value is -0.0400. The van der Waals surface area contributed by atoms with Crippen LogP contribution in [0.15, 0.2) is 0 Å². The summed E-state index contributed by atoms with van der Waals surface area (Å²) in [5, 5.41) is 3.39. The predicted octanol–water partition coefficient (Wildman–Crippen LogP) is 2.42. The minimum Gasteiger partial charge on any atom is -0.317 e. The Morgan fingerprint density at radius 3 is 2.36 bits per heavy atom. The highest BCUT2D eigenvalue weighted by Gasteiger charge is 2.30. The lowest BCUT2D eigenvalue weighted by molar-refractivity contribution is 0.156. The van der Waals surface area contributed by atoms with Gasteiger partial charge in [0, 0.05) is 6.04 Å². The molecule has 0 amide bonds. The van der Waals surface area contributed by atoms with Crippen LogP contribution in [-0.2, 0) is 0 Å². The molecule has 0 aromatic heterocycles. The molecule has 0 aliphatic heterocycles. The van der Waals surface area contributed by atoms with Crippen LogP contribution in [0.3, 0.4) is 0 Å². The summed E-state index contributed by atoms with van der Waals surface area (Å²) in [6, 6.07) is 0.758. The van der Waals surface area contributed by atoms with E-state index in [0.29, 0.717) is 5.41 Å². The highest BCUT2D eigenvalue weighted by molar-refractivity contribution is 4.85. The van der Waals surface area contributed by atoms with Crippen LogP contribution >= 0.6 is 0 Å². The fourth-order valence-corrected chi connectivity index (χ4v) is 2.57. The van der Waals surface area contributed by atoms with Gasteiger partial charge in [0.15, 0.2) is 0 Å². The molecule has 0 saturated heterocycles. The van der Waals surface area contributed by atoms with Gasteiger partial charge in [-0.15, -0.1) is 0 Å². The van der Waals surface area contributed by atoms with Gasteiger partial charge in [-0.2, -0.15) is 0 Å². The first-order valence-corrected chi connectivity index (χ1v) is 4.71. The van der Waals surface area contributed by atoms with Gasteiger partial charge in [0.05, 0.1) is 0 Å². The third-order valence-corrected chi connectivity index (χ3v) is 2.80. The Morgan fingerprint density at radius 2 is 1.91 bits per heavy atom. The lowest BCUT2D eigenvalue weighted by Crippen LogP contribution is -2.38. The molecular formula is C10H21N. The minimum absolute atomic E-state index is 0.561. The third-order valence-electron chi connectivity index (χ3n) is 2.80. The van der Waals surface area contributed by atoms with Crippen LogP contribution in [0.4, 0.5) is 0 Å². The number of hydrogen-bond acceptors (Lipinski definition) is 1. The van der Waals surface area contributed by atoms with E-state index in [9.17, 15) is 0 Å². The summed E-state index contributed by atoms with van der Waals surface area (Å²) in [5.41, 5.74) is 0.561. The fraction of sp³-hybridized carbons (Fsp3) is 1.00. The van der Waals surface area contributed by atoms with Gasteiger partial charge < -0.3 is 5.32 Å². The van der Waals surface area contributed by atoms with Gasteiger partial charge in [0.2, 0.25) is 0 Å². The SMILES string of the molecule is CNC1C[C@@H](C)CC(C)(C)C1. The van der Waals surface area contributed by atoms with Crippen LogP contribution in [0.5, 0.6) is 0 Å². The van der Waals surface area contributed by atoms with Crippen molar-refractivity contribution in [2.75, 3.05) is 7.05 Å². The Labute approximate surface area is 70.6 Å². The van der Waals surface area contributed by atoms with Gasteiger partial charge in [-0.25, -0.2) is 0 Å². The summed E-state index contributed by atoms with van der Waals surface area (Å²) in [4.78, 5) is 0. The van der Waals surface area contributed by atoms with Crippen molar-refractivity contribution in [1.82, 2.24) is 5.32 Å². The van der Waals surface area contributed by atoms with E-state index in [2.05, 4.69) is 33.1 Å². The average molecular weight is 155 g/mol. The molecule has 0 aromatic carbocycles. The first-order chi connectivity index (χ1) is 5.03. The Kier molecular flexibility index (Phi) is 2.58. The molecule has 11 heavy (non-hydrogen) atoms. The molecule has 1 nitrogen and oxygen atoms in total. The molecule has 1 saturated carbocycles. The second-order valence-electron chi connectivity index (χ2n) is 4.90. The molecule has 1 heteroatoms. The zero-order valence-electron chi connectivity index (χ0n) is 8.28. The van der Waals surface area contributed by atoms with Crippen molar-refractivity contribution in [3.05, 3.63) is 0 Å². The molecule has 1 unspecified atom stereocenters. The van der Waals surface area contributed by atoms with Gasteiger partial charge in [-0.3, -0.25) is 0 Å². The predicted molar refractivity (Wildman–Crippen MR) is 49.6 cm³/mol. The average Bonchev–Trinajstić information content (AvgIpc) is 1.83. The maximum absolute atomic E-state index is 3.39. The monoisotopic (exact) mass is 155 g/mol. The van der Waals surface area contributed by atoms with Crippen LogP contribution in [-0.4, -0.2) is 13.1 Å². The van der Waals surface area contributed by atoms with E-state index in [4.69, 9.17) is 0 Å². The Balaban J connectivity index is 2.51. The highest BCUT2D eigenvalue weighted by atomic mass is 14.9. The topological polar surface area (TPSA) is 12.0 Å². The first kappa shape index (κ1) is 9.05. The molecule has 0 aromatic rings. The normalized spacial score (nSPS) is 37.1. The van der Waals surface area contributed by atoms with E-state index in [-0.39, 0.29) is 0 Å². The maximum atomic E-state index is 3.39. The molecule has 1 aliphatic rings. The largest absolute Gasteiger partial charge is 0.317 e. The van der Waals surface area contributed by atoms with Crippen LogP contribution in [0, 0.1) is 11.3 Å². The number of rotatable bonds is 1. The molecule has 1 N–H and O–H groups in total. The molecule has 1 aliphatic carbocycles. The van der Waals surface area contributed by atoms with Gasteiger partial charge in [-0.05, 0) is 37.6 Å². The minimum atomic E-state index is 0.561. The lowest BCUT2D eigenvalue weighted by Gasteiger charge is -2.38. The van der Waals surface area contributed by atoms with Crippen LogP contribution in [0.1, 0.15) is 40.0 Å². The summed E-state index contributed by atoms with van der Waals surface area (Å²) >= 11 is 0. The van der Waals surface area contributed by atoms with E-state index in [1.54, 1.807) is 0 Å². The van der Waals surface area contributed by atoms with Gasteiger partial charge in [-0.1, -0.05) is 20.8 Å². The van der Waals surface area contributed by atoms with Crippen molar-refractivity contribution in [3.63, 3.8) is 0 Å². The van der Waals surface area contributed by atoms with Crippen molar-refractivity contribution in [1.29, 1.82) is 0 Å². The highest BCUT2D eigenvalue weighted by Crippen LogP contribution is 2.38. The smallest absolute Gasteiger partial charge is 0.00716 e. The van der Waals surface area contributed by atoms with Gasteiger partial charge in [0.25, 0.3) is 0 Å².